The molecular formula is C20H35IN4O. The van der Waals surface area contributed by atoms with Gasteiger partial charge >= 0.3 is 0 Å². The van der Waals surface area contributed by atoms with Crippen LogP contribution >= 0.6 is 24.0 Å². The molecule has 2 rings (SSSR count). The number of hydrogen-bond donors (Lipinski definition) is 2. The molecule has 0 aliphatic carbocycles. The number of likely N-dealkylation sites (tertiary alicyclic amines) is 1. The Labute approximate surface area is 176 Å². The van der Waals surface area contributed by atoms with Crippen LogP contribution < -0.4 is 15.4 Å². The molecule has 0 bridgehead atoms. The highest BCUT2D eigenvalue weighted by molar-refractivity contribution is 14.0. The van der Waals surface area contributed by atoms with Crippen LogP contribution in [0.3, 0.4) is 0 Å². The lowest BCUT2D eigenvalue weighted by Crippen LogP contribution is -2.39. The van der Waals surface area contributed by atoms with E-state index in [0.717, 1.165) is 37.1 Å². The molecule has 2 N–H and O–H groups in total. The SMILES string of the molecule is CCOc1cccc(CNC(=NC)NCCCN2CCC(C)CC2)c1.I. The summed E-state index contributed by atoms with van der Waals surface area (Å²) >= 11 is 0. The van der Waals surface area contributed by atoms with E-state index in [0.29, 0.717) is 6.61 Å². The van der Waals surface area contributed by atoms with E-state index in [1.165, 1.54) is 38.0 Å². The van der Waals surface area contributed by atoms with Gasteiger partial charge in [-0.15, -0.1) is 24.0 Å². The molecule has 0 atom stereocenters. The molecular weight excluding hydrogens is 439 g/mol. The minimum absolute atomic E-state index is 0. The number of halogens is 1. The highest BCUT2D eigenvalue weighted by atomic mass is 127. The molecule has 0 aromatic heterocycles. The molecule has 1 fully saturated rings. The predicted molar refractivity (Wildman–Crippen MR) is 121 cm³/mol. The second kappa shape index (κ2) is 13.2. The molecule has 1 aliphatic rings. The average Bonchev–Trinajstić information content (AvgIpc) is 2.63. The van der Waals surface area contributed by atoms with Crippen molar-refractivity contribution in [1.82, 2.24) is 15.5 Å². The minimum Gasteiger partial charge on any atom is -0.494 e. The van der Waals surface area contributed by atoms with Crippen molar-refractivity contribution in [3.8, 4) is 5.75 Å². The first-order valence-electron chi connectivity index (χ1n) is 9.60. The maximum Gasteiger partial charge on any atom is 0.191 e. The highest BCUT2D eigenvalue weighted by Crippen LogP contribution is 2.15. The van der Waals surface area contributed by atoms with Gasteiger partial charge in [0.15, 0.2) is 5.96 Å². The van der Waals surface area contributed by atoms with Crippen LogP contribution in [0.5, 0.6) is 5.75 Å². The van der Waals surface area contributed by atoms with E-state index in [4.69, 9.17) is 4.74 Å². The van der Waals surface area contributed by atoms with Gasteiger partial charge in [-0.2, -0.15) is 0 Å². The smallest absolute Gasteiger partial charge is 0.191 e. The number of guanidine groups is 1. The highest BCUT2D eigenvalue weighted by Gasteiger charge is 2.14. The molecule has 1 aromatic rings. The van der Waals surface area contributed by atoms with Crippen molar-refractivity contribution in [3.63, 3.8) is 0 Å². The van der Waals surface area contributed by atoms with Crippen molar-refractivity contribution in [2.24, 2.45) is 10.9 Å². The molecule has 0 amide bonds. The van der Waals surface area contributed by atoms with Gasteiger partial charge in [-0.3, -0.25) is 4.99 Å². The summed E-state index contributed by atoms with van der Waals surface area (Å²) in [6.07, 6.45) is 3.84. The first kappa shape index (κ1) is 23.0. The van der Waals surface area contributed by atoms with Crippen molar-refractivity contribution >= 4 is 29.9 Å². The largest absolute Gasteiger partial charge is 0.494 e. The Bertz CT molecular complexity index is 530. The number of benzene rings is 1. The summed E-state index contributed by atoms with van der Waals surface area (Å²) < 4.78 is 5.55. The Morgan fingerprint density at radius 1 is 1.27 bits per heavy atom. The summed E-state index contributed by atoms with van der Waals surface area (Å²) in [5, 5.41) is 6.78. The number of rotatable bonds is 8. The van der Waals surface area contributed by atoms with Crippen molar-refractivity contribution in [1.29, 1.82) is 0 Å². The van der Waals surface area contributed by atoms with Gasteiger partial charge in [0.25, 0.3) is 0 Å². The maximum atomic E-state index is 5.55. The van der Waals surface area contributed by atoms with Crippen LogP contribution in [0.1, 0.15) is 38.7 Å². The first-order chi connectivity index (χ1) is 12.2. The molecule has 1 heterocycles. The standard InChI is InChI=1S/C20H34N4O.HI/c1-4-25-19-8-5-7-18(15-19)16-23-20(21-3)22-11-6-12-24-13-9-17(2)10-14-24;/h5,7-8,15,17H,4,6,9-14,16H2,1-3H3,(H2,21,22,23);1H. The van der Waals surface area contributed by atoms with Crippen molar-refractivity contribution < 1.29 is 4.74 Å². The molecule has 1 aromatic carbocycles. The van der Waals surface area contributed by atoms with Gasteiger partial charge in [0.1, 0.15) is 5.75 Å². The Morgan fingerprint density at radius 3 is 2.73 bits per heavy atom. The Hall–Kier alpha value is -1.02. The topological polar surface area (TPSA) is 48.9 Å². The third-order valence-corrected chi connectivity index (χ3v) is 4.71. The molecule has 26 heavy (non-hydrogen) atoms. The van der Waals surface area contributed by atoms with E-state index in [1.807, 2.05) is 26.1 Å². The summed E-state index contributed by atoms with van der Waals surface area (Å²) in [6.45, 7) is 10.4. The number of hydrogen-bond acceptors (Lipinski definition) is 3. The van der Waals surface area contributed by atoms with Crippen LogP contribution in [-0.2, 0) is 6.54 Å². The van der Waals surface area contributed by atoms with Gasteiger partial charge in [0, 0.05) is 20.1 Å². The van der Waals surface area contributed by atoms with E-state index in [9.17, 15) is 0 Å². The van der Waals surface area contributed by atoms with Gasteiger partial charge in [0.2, 0.25) is 0 Å². The summed E-state index contributed by atoms with van der Waals surface area (Å²) in [5.74, 6) is 2.67. The van der Waals surface area contributed by atoms with Crippen molar-refractivity contribution in [2.45, 2.75) is 39.7 Å². The zero-order chi connectivity index (χ0) is 17.9. The lowest BCUT2D eigenvalue weighted by molar-refractivity contribution is 0.191. The lowest BCUT2D eigenvalue weighted by atomic mass is 9.99. The van der Waals surface area contributed by atoms with Gasteiger partial charge in [-0.05, 0) is 69.4 Å². The second-order valence-electron chi connectivity index (χ2n) is 6.81. The van der Waals surface area contributed by atoms with Crippen LogP contribution in [0.25, 0.3) is 0 Å². The number of nitrogens with one attached hydrogen (secondary N) is 2. The minimum atomic E-state index is 0. The zero-order valence-electron chi connectivity index (χ0n) is 16.5. The van der Waals surface area contributed by atoms with E-state index in [1.54, 1.807) is 0 Å². The molecule has 0 radical (unpaired) electrons. The van der Waals surface area contributed by atoms with Crippen molar-refractivity contribution in [2.75, 3.05) is 39.8 Å². The van der Waals surface area contributed by atoms with E-state index in [-0.39, 0.29) is 24.0 Å². The molecule has 1 saturated heterocycles. The Kier molecular flexibility index (Phi) is 11.7. The van der Waals surface area contributed by atoms with Crippen LogP contribution in [0.2, 0.25) is 0 Å². The van der Waals surface area contributed by atoms with E-state index in [2.05, 4.69) is 39.6 Å². The molecule has 0 unspecified atom stereocenters. The van der Waals surface area contributed by atoms with Gasteiger partial charge in [-0.1, -0.05) is 19.1 Å². The Morgan fingerprint density at radius 2 is 2.04 bits per heavy atom. The van der Waals surface area contributed by atoms with Gasteiger partial charge in [0.05, 0.1) is 6.61 Å². The summed E-state index contributed by atoms with van der Waals surface area (Å²) in [7, 11) is 1.82. The molecule has 148 valence electrons. The molecule has 5 nitrogen and oxygen atoms in total. The fraction of sp³-hybridized carbons (Fsp3) is 0.650. The van der Waals surface area contributed by atoms with Crippen molar-refractivity contribution in [3.05, 3.63) is 29.8 Å². The fourth-order valence-electron chi connectivity index (χ4n) is 3.11. The number of piperidine rings is 1. The first-order valence-corrected chi connectivity index (χ1v) is 9.60. The summed E-state index contributed by atoms with van der Waals surface area (Å²) in [4.78, 5) is 6.89. The quantitative estimate of drug-likeness (QED) is 0.262. The van der Waals surface area contributed by atoms with Crippen LogP contribution in [0.4, 0.5) is 0 Å². The second-order valence-corrected chi connectivity index (χ2v) is 6.81. The molecule has 0 saturated carbocycles. The fourth-order valence-corrected chi connectivity index (χ4v) is 3.11. The monoisotopic (exact) mass is 474 g/mol. The molecule has 6 heteroatoms. The third-order valence-electron chi connectivity index (χ3n) is 4.71. The molecule has 1 aliphatic heterocycles. The van der Waals surface area contributed by atoms with Crippen LogP contribution in [0.15, 0.2) is 29.3 Å². The maximum absolute atomic E-state index is 5.55. The van der Waals surface area contributed by atoms with E-state index >= 15 is 0 Å². The van der Waals surface area contributed by atoms with Gasteiger partial charge in [-0.25, -0.2) is 0 Å². The summed E-state index contributed by atoms with van der Waals surface area (Å²) in [5.41, 5.74) is 1.19. The Balaban J connectivity index is 0.00000338. The summed E-state index contributed by atoms with van der Waals surface area (Å²) in [6, 6.07) is 8.18. The number of aliphatic imine (C=N–C) groups is 1. The molecule has 0 spiro atoms. The van der Waals surface area contributed by atoms with Crippen LogP contribution in [-0.4, -0.2) is 50.7 Å². The zero-order valence-corrected chi connectivity index (χ0v) is 18.8. The average molecular weight is 474 g/mol. The van der Waals surface area contributed by atoms with E-state index < -0.39 is 0 Å². The lowest BCUT2D eigenvalue weighted by Gasteiger charge is -2.30. The van der Waals surface area contributed by atoms with Gasteiger partial charge < -0.3 is 20.3 Å². The number of nitrogens with zero attached hydrogens (tertiary/aromatic N) is 2. The van der Waals surface area contributed by atoms with Crippen LogP contribution in [0, 0.1) is 5.92 Å². The normalized spacial score (nSPS) is 16.0. The number of ether oxygens (including phenoxy) is 1. The third kappa shape index (κ3) is 8.58. The predicted octanol–water partition coefficient (Wildman–Crippen LogP) is 3.49.